The van der Waals surface area contributed by atoms with E-state index in [2.05, 4.69) is 5.32 Å². The molecule has 0 unspecified atom stereocenters. The van der Waals surface area contributed by atoms with E-state index in [9.17, 15) is 14.4 Å². The van der Waals surface area contributed by atoms with Crippen molar-refractivity contribution < 1.29 is 9.59 Å². The van der Waals surface area contributed by atoms with Crippen molar-refractivity contribution in [3.05, 3.63) is 94.4 Å². The summed E-state index contributed by atoms with van der Waals surface area (Å²) in [4.78, 5) is 40.4. The zero-order valence-corrected chi connectivity index (χ0v) is 20.8. The third kappa shape index (κ3) is 6.63. The average molecular weight is 490 g/mol. The number of anilines is 1. The number of aromatic nitrogens is 1. The fraction of sp³-hybridized carbons (Fsp3) is 0.321. The number of pyridine rings is 1. The van der Waals surface area contributed by atoms with Gasteiger partial charge in [0.15, 0.2) is 0 Å². The molecule has 0 saturated heterocycles. The van der Waals surface area contributed by atoms with Crippen LogP contribution in [0.25, 0.3) is 0 Å². The molecule has 35 heavy (non-hydrogen) atoms. The van der Waals surface area contributed by atoms with Gasteiger partial charge in [-0.3, -0.25) is 14.4 Å². The molecule has 2 aromatic carbocycles. The van der Waals surface area contributed by atoms with E-state index in [0.29, 0.717) is 29.6 Å². The minimum Gasteiger partial charge on any atom is -0.342 e. The minimum absolute atomic E-state index is 0.0533. The highest BCUT2D eigenvalue weighted by Gasteiger charge is 2.22. The Bertz CT molecular complexity index is 1220. The standard InChI is InChI=1S/C28H31N3O3S/c1-30(23-9-3-2-4-10-23)27(33)20-35-25-12-6-5-11-24(25)28(34)29-22-16-14-21(15-17-22)19-31-18-8-7-13-26(31)32/h5-8,11-18,23H,2-4,9-10,19-20H2,1H3,(H,29,34). The summed E-state index contributed by atoms with van der Waals surface area (Å²) < 4.78 is 1.63. The Labute approximate surface area is 210 Å². The average Bonchev–Trinajstić information content (AvgIpc) is 2.90. The highest BCUT2D eigenvalue weighted by Crippen LogP contribution is 2.26. The SMILES string of the molecule is CN(C(=O)CSc1ccccc1C(=O)Nc1ccc(Cn2ccccc2=O)cc1)C1CCCCC1. The van der Waals surface area contributed by atoms with Gasteiger partial charge in [-0.2, -0.15) is 0 Å². The molecule has 0 radical (unpaired) electrons. The largest absolute Gasteiger partial charge is 0.342 e. The fourth-order valence-corrected chi connectivity index (χ4v) is 5.35. The minimum atomic E-state index is -0.215. The van der Waals surface area contributed by atoms with Crippen LogP contribution in [-0.2, 0) is 11.3 Å². The molecule has 1 aliphatic rings. The Balaban J connectivity index is 1.36. The van der Waals surface area contributed by atoms with Gasteiger partial charge in [0, 0.05) is 35.9 Å². The summed E-state index contributed by atoms with van der Waals surface area (Å²) in [7, 11) is 1.90. The third-order valence-corrected chi connectivity index (χ3v) is 7.52. The lowest BCUT2D eigenvalue weighted by Crippen LogP contribution is -2.39. The normalized spacial score (nSPS) is 13.9. The molecule has 0 spiro atoms. The maximum Gasteiger partial charge on any atom is 0.256 e. The van der Waals surface area contributed by atoms with Crippen molar-refractivity contribution in [2.24, 2.45) is 0 Å². The van der Waals surface area contributed by atoms with Crippen molar-refractivity contribution in [1.29, 1.82) is 0 Å². The van der Waals surface area contributed by atoms with Crippen LogP contribution >= 0.6 is 11.8 Å². The fourth-order valence-electron chi connectivity index (χ4n) is 4.37. The van der Waals surface area contributed by atoms with E-state index in [-0.39, 0.29) is 17.4 Å². The second-order valence-corrected chi connectivity index (χ2v) is 9.92. The first-order valence-corrected chi connectivity index (χ1v) is 13.0. The second-order valence-electron chi connectivity index (χ2n) is 8.90. The predicted molar refractivity (Wildman–Crippen MR) is 141 cm³/mol. The Morgan fingerprint density at radius 3 is 2.43 bits per heavy atom. The maximum absolute atomic E-state index is 13.0. The Morgan fingerprint density at radius 1 is 0.971 bits per heavy atom. The van der Waals surface area contributed by atoms with Crippen LogP contribution in [0, 0.1) is 0 Å². The molecular formula is C28H31N3O3S. The molecule has 1 heterocycles. The molecule has 1 N–H and O–H groups in total. The molecular weight excluding hydrogens is 458 g/mol. The van der Waals surface area contributed by atoms with Gasteiger partial charge in [-0.1, -0.05) is 49.6 Å². The Morgan fingerprint density at radius 2 is 1.69 bits per heavy atom. The van der Waals surface area contributed by atoms with Crippen LogP contribution in [0.2, 0.25) is 0 Å². The van der Waals surface area contributed by atoms with Gasteiger partial charge >= 0.3 is 0 Å². The van der Waals surface area contributed by atoms with Crippen LogP contribution in [0.5, 0.6) is 0 Å². The van der Waals surface area contributed by atoms with Gasteiger partial charge in [0.1, 0.15) is 0 Å². The number of hydrogen-bond acceptors (Lipinski definition) is 4. The first kappa shape index (κ1) is 24.8. The van der Waals surface area contributed by atoms with E-state index in [1.54, 1.807) is 22.9 Å². The smallest absolute Gasteiger partial charge is 0.256 e. The molecule has 1 fully saturated rings. The van der Waals surface area contributed by atoms with Gasteiger partial charge in [-0.05, 0) is 48.7 Å². The lowest BCUT2D eigenvalue weighted by atomic mass is 9.94. The van der Waals surface area contributed by atoms with Crippen molar-refractivity contribution in [1.82, 2.24) is 9.47 Å². The molecule has 1 aromatic heterocycles. The molecule has 0 atom stereocenters. The first-order valence-electron chi connectivity index (χ1n) is 12.0. The molecule has 0 aliphatic heterocycles. The topological polar surface area (TPSA) is 71.4 Å². The quantitative estimate of drug-likeness (QED) is 0.451. The maximum atomic E-state index is 13.0. The molecule has 1 aliphatic carbocycles. The van der Waals surface area contributed by atoms with Crippen molar-refractivity contribution in [2.45, 2.75) is 49.6 Å². The van der Waals surface area contributed by atoms with Crippen molar-refractivity contribution in [3.8, 4) is 0 Å². The summed E-state index contributed by atoms with van der Waals surface area (Å²) in [6.07, 6.45) is 7.53. The van der Waals surface area contributed by atoms with Crippen LogP contribution in [0.15, 0.2) is 82.6 Å². The number of nitrogens with zero attached hydrogens (tertiary/aromatic N) is 2. The van der Waals surface area contributed by atoms with Gasteiger partial charge < -0.3 is 14.8 Å². The summed E-state index contributed by atoms with van der Waals surface area (Å²) in [5.74, 6) is 0.198. The number of rotatable bonds is 8. The van der Waals surface area contributed by atoms with Crippen LogP contribution in [0.1, 0.15) is 48.0 Å². The summed E-state index contributed by atoms with van der Waals surface area (Å²) >= 11 is 1.41. The van der Waals surface area contributed by atoms with Gasteiger partial charge in [-0.15, -0.1) is 11.8 Å². The zero-order valence-electron chi connectivity index (χ0n) is 20.0. The molecule has 1 saturated carbocycles. The summed E-state index contributed by atoms with van der Waals surface area (Å²) in [5.41, 5.74) is 2.13. The molecule has 3 aromatic rings. The van der Waals surface area contributed by atoms with Gasteiger partial charge in [0.2, 0.25) is 5.91 Å². The van der Waals surface area contributed by atoms with Crippen molar-refractivity contribution in [2.75, 3.05) is 18.1 Å². The summed E-state index contributed by atoms with van der Waals surface area (Å²) in [6, 6.07) is 20.3. The number of carbonyl (C=O) groups is 2. The molecule has 6 nitrogen and oxygen atoms in total. The number of amides is 2. The van der Waals surface area contributed by atoms with E-state index in [0.717, 1.165) is 23.3 Å². The van der Waals surface area contributed by atoms with E-state index in [1.165, 1.54) is 37.1 Å². The molecule has 7 heteroatoms. The predicted octanol–water partition coefficient (Wildman–Crippen LogP) is 5.03. The number of nitrogens with one attached hydrogen (secondary N) is 1. The highest BCUT2D eigenvalue weighted by molar-refractivity contribution is 8.00. The lowest BCUT2D eigenvalue weighted by molar-refractivity contribution is -0.129. The number of carbonyl (C=O) groups excluding carboxylic acids is 2. The van der Waals surface area contributed by atoms with E-state index >= 15 is 0 Å². The van der Waals surface area contributed by atoms with Crippen molar-refractivity contribution in [3.63, 3.8) is 0 Å². The van der Waals surface area contributed by atoms with Gasteiger partial charge in [0.05, 0.1) is 17.9 Å². The van der Waals surface area contributed by atoms with E-state index in [1.807, 2.05) is 60.5 Å². The monoisotopic (exact) mass is 489 g/mol. The Hall–Kier alpha value is -3.32. The van der Waals surface area contributed by atoms with Crippen LogP contribution in [0.4, 0.5) is 5.69 Å². The molecule has 4 rings (SSSR count). The van der Waals surface area contributed by atoms with Crippen LogP contribution in [-0.4, -0.2) is 40.1 Å². The van der Waals surface area contributed by atoms with E-state index < -0.39 is 0 Å². The highest BCUT2D eigenvalue weighted by atomic mass is 32.2. The summed E-state index contributed by atoms with van der Waals surface area (Å²) in [6.45, 7) is 0.469. The zero-order chi connectivity index (χ0) is 24.6. The van der Waals surface area contributed by atoms with Crippen LogP contribution < -0.4 is 10.9 Å². The van der Waals surface area contributed by atoms with Gasteiger partial charge in [0.25, 0.3) is 11.5 Å². The molecule has 182 valence electrons. The summed E-state index contributed by atoms with van der Waals surface area (Å²) in [5, 5.41) is 2.95. The molecule has 0 bridgehead atoms. The number of thioether (sulfide) groups is 1. The second kappa shape index (κ2) is 11.9. The van der Waals surface area contributed by atoms with E-state index in [4.69, 9.17) is 0 Å². The lowest BCUT2D eigenvalue weighted by Gasteiger charge is -2.31. The number of benzene rings is 2. The Kier molecular flexibility index (Phi) is 8.42. The van der Waals surface area contributed by atoms with Crippen molar-refractivity contribution >= 4 is 29.3 Å². The van der Waals surface area contributed by atoms with Crippen LogP contribution in [0.3, 0.4) is 0 Å². The number of hydrogen-bond donors (Lipinski definition) is 1. The van der Waals surface area contributed by atoms with Gasteiger partial charge in [-0.25, -0.2) is 0 Å². The third-order valence-electron chi connectivity index (χ3n) is 6.46. The first-order chi connectivity index (χ1) is 17.0. The molecule has 2 amide bonds.